The first-order chi connectivity index (χ1) is 8.70. The van der Waals surface area contributed by atoms with Crippen LogP contribution in [0.1, 0.15) is 18.6 Å². The van der Waals surface area contributed by atoms with Gasteiger partial charge >= 0.3 is 0 Å². The van der Waals surface area contributed by atoms with E-state index in [4.69, 9.17) is 0 Å². The first-order valence-corrected chi connectivity index (χ1v) is 6.21. The Bertz CT molecular complexity index is 423. The summed E-state index contributed by atoms with van der Waals surface area (Å²) in [4.78, 5) is 2.09. The Morgan fingerprint density at radius 1 is 0.889 bits per heavy atom. The average molecular weight is 241 g/mol. The van der Waals surface area contributed by atoms with Crippen LogP contribution in [0.25, 0.3) is 0 Å². The summed E-state index contributed by atoms with van der Waals surface area (Å²) in [5.41, 5.74) is 2.06. The van der Waals surface area contributed by atoms with E-state index in [-0.39, 0.29) is 6.04 Å². The van der Waals surface area contributed by atoms with Crippen LogP contribution in [-0.4, -0.2) is 18.2 Å². The molecule has 0 bridgehead atoms. The Balaban J connectivity index is 2.14. The van der Waals surface area contributed by atoms with Crippen LogP contribution in [0.15, 0.2) is 60.7 Å². The molecule has 0 aromatic heterocycles. The molecule has 2 atom stereocenters. The first kappa shape index (κ1) is 12.7. The van der Waals surface area contributed by atoms with Gasteiger partial charge in [-0.25, -0.2) is 0 Å². The zero-order chi connectivity index (χ0) is 13.0. The summed E-state index contributed by atoms with van der Waals surface area (Å²) >= 11 is 0. The smallest absolute Gasteiger partial charge is 0.0990 e. The number of aliphatic hydroxyl groups is 1. The SMILES string of the molecule is C[C@H]([C@H](O)c1ccccc1)N(C)c1ccccc1. The molecule has 0 spiro atoms. The monoisotopic (exact) mass is 241 g/mol. The molecule has 2 heteroatoms. The fourth-order valence-electron chi connectivity index (χ4n) is 2.04. The van der Waals surface area contributed by atoms with E-state index in [0.29, 0.717) is 0 Å². The molecule has 2 nitrogen and oxygen atoms in total. The highest BCUT2D eigenvalue weighted by Gasteiger charge is 2.20. The van der Waals surface area contributed by atoms with Gasteiger partial charge < -0.3 is 10.0 Å². The predicted octanol–water partition coefficient (Wildman–Crippen LogP) is 3.24. The fourth-order valence-corrected chi connectivity index (χ4v) is 2.04. The van der Waals surface area contributed by atoms with Crippen LogP contribution in [0.2, 0.25) is 0 Å². The van der Waals surface area contributed by atoms with E-state index >= 15 is 0 Å². The lowest BCUT2D eigenvalue weighted by Crippen LogP contribution is -2.34. The van der Waals surface area contributed by atoms with Crippen molar-refractivity contribution in [3.63, 3.8) is 0 Å². The van der Waals surface area contributed by atoms with Crippen LogP contribution in [-0.2, 0) is 0 Å². The molecule has 0 radical (unpaired) electrons. The van der Waals surface area contributed by atoms with Crippen molar-refractivity contribution in [1.82, 2.24) is 0 Å². The molecule has 0 aliphatic carbocycles. The third-order valence-electron chi connectivity index (χ3n) is 3.37. The van der Waals surface area contributed by atoms with E-state index in [2.05, 4.69) is 4.90 Å². The number of hydrogen-bond donors (Lipinski definition) is 1. The summed E-state index contributed by atoms with van der Waals surface area (Å²) in [5, 5.41) is 10.4. The number of rotatable bonds is 4. The van der Waals surface area contributed by atoms with E-state index in [0.717, 1.165) is 11.3 Å². The maximum atomic E-state index is 10.4. The lowest BCUT2D eigenvalue weighted by molar-refractivity contribution is 0.151. The summed E-state index contributed by atoms with van der Waals surface area (Å²) in [5.74, 6) is 0. The summed E-state index contributed by atoms with van der Waals surface area (Å²) in [7, 11) is 2.01. The number of nitrogens with zero attached hydrogens (tertiary/aromatic N) is 1. The van der Waals surface area contributed by atoms with Crippen LogP contribution < -0.4 is 4.90 Å². The van der Waals surface area contributed by atoms with Gasteiger partial charge in [0.15, 0.2) is 0 Å². The molecule has 0 saturated carbocycles. The molecule has 0 amide bonds. The summed E-state index contributed by atoms with van der Waals surface area (Å²) in [6.07, 6.45) is -0.489. The zero-order valence-electron chi connectivity index (χ0n) is 10.8. The van der Waals surface area contributed by atoms with Gasteiger partial charge in [-0.2, -0.15) is 0 Å². The molecule has 1 N–H and O–H groups in total. The van der Waals surface area contributed by atoms with Gasteiger partial charge in [-0.3, -0.25) is 0 Å². The van der Waals surface area contributed by atoms with Crippen molar-refractivity contribution in [2.24, 2.45) is 0 Å². The van der Waals surface area contributed by atoms with Crippen LogP contribution in [0.4, 0.5) is 5.69 Å². The minimum atomic E-state index is -0.489. The maximum absolute atomic E-state index is 10.4. The predicted molar refractivity (Wildman–Crippen MR) is 75.7 cm³/mol. The Morgan fingerprint density at radius 3 is 1.94 bits per heavy atom. The van der Waals surface area contributed by atoms with Gasteiger partial charge in [0.05, 0.1) is 12.1 Å². The third kappa shape index (κ3) is 2.71. The maximum Gasteiger partial charge on any atom is 0.0990 e. The first-order valence-electron chi connectivity index (χ1n) is 6.21. The van der Waals surface area contributed by atoms with Gasteiger partial charge in [0, 0.05) is 12.7 Å². The number of benzene rings is 2. The van der Waals surface area contributed by atoms with Crippen LogP contribution in [0.3, 0.4) is 0 Å². The van der Waals surface area contributed by atoms with E-state index in [1.807, 2.05) is 74.6 Å². The number of hydrogen-bond acceptors (Lipinski definition) is 2. The van der Waals surface area contributed by atoms with Crippen LogP contribution in [0, 0.1) is 0 Å². The van der Waals surface area contributed by atoms with E-state index in [1.165, 1.54) is 0 Å². The molecule has 2 aromatic carbocycles. The van der Waals surface area contributed by atoms with Crippen molar-refractivity contribution in [1.29, 1.82) is 0 Å². The highest BCUT2D eigenvalue weighted by Crippen LogP contribution is 2.23. The van der Waals surface area contributed by atoms with Crippen LogP contribution >= 0.6 is 0 Å². The normalized spacial score (nSPS) is 13.9. The molecule has 0 aliphatic rings. The van der Waals surface area contributed by atoms with Gasteiger partial charge in [0.25, 0.3) is 0 Å². The summed E-state index contributed by atoms with van der Waals surface area (Å²) < 4.78 is 0. The number of likely N-dealkylation sites (N-methyl/N-ethyl adjacent to an activating group) is 1. The summed E-state index contributed by atoms with van der Waals surface area (Å²) in [6, 6.07) is 19.9. The van der Waals surface area contributed by atoms with Crippen molar-refractivity contribution in [2.45, 2.75) is 19.1 Å². The Kier molecular flexibility index (Phi) is 4.00. The molecule has 94 valence electrons. The largest absolute Gasteiger partial charge is 0.386 e. The van der Waals surface area contributed by atoms with Crippen molar-refractivity contribution >= 4 is 5.69 Å². The minimum absolute atomic E-state index is 0.0230. The fraction of sp³-hybridized carbons (Fsp3) is 0.250. The Morgan fingerprint density at radius 2 is 1.39 bits per heavy atom. The molecular formula is C16H19NO. The van der Waals surface area contributed by atoms with E-state index in [9.17, 15) is 5.11 Å². The minimum Gasteiger partial charge on any atom is -0.386 e. The molecule has 0 heterocycles. The highest BCUT2D eigenvalue weighted by molar-refractivity contribution is 5.46. The molecule has 0 unspecified atom stereocenters. The van der Waals surface area contributed by atoms with Gasteiger partial charge in [-0.1, -0.05) is 48.5 Å². The van der Waals surface area contributed by atoms with E-state index < -0.39 is 6.10 Å². The Hall–Kier alpha value is -1.80. The number of anilines is 1. The molecule has 2 aromatic rings. The second kappa shape index (κ2) is 5.69. The topological polar surface area (TPSA) is 23.5 Å². The molecule has 0 saturated heterocycles. The number of aliphatic hydroxyl groups excluding tert-OH is 1. The van der Waals surface area contributed by atoms with Crippen molar-refractivity contribution in [2.75, 3.05) is 11.9 Å². The Labute approximate surface area is 109 Å². The molecule has 2 rings (SSSR count). The van der Waals surface area contributed by atoms with Gasteiger partial charge in [-0.05, 0) is 24.6 Å². The standard InChI is InChI=1S/C16H19NO/c1-13(16(18)14-9-5-3-6-10-14)17(2)15-11-7-4-8-12-15/h3-13,16,18H,1-2H3/t13-,16+/m1/s1. The number of para-hydroxylation sites is 1. The van der Waals surface area contributed by atoms with Gasteiger partial charge in [0.1, 0.15) is 0 Å². The average Bonchev–Trinajstić information content (AvgIpc) is 2.47. The van der Waals surface area contributed by atoms with Crippen molar-refractivity contribution in [3.8, 4) is 0 Å². The highest BCUT2D eigenvalue weighted by atomic mass is 16.3. The van der Waals surface area contributed by atoms with Gasteiger partial charge in [-0.15, -0.1) is 0 Å². The second-order valence-electron chi connectivity index (χ2n) is 4.54. The second-order valence-corrected chi connectivity index (χ2v) is 4.54. The molecule has 18 heavy (non-hydrogen) atoms. The molecule has 0 aliphatic heterocycles. The lowest BCUT2D eigenvalue weighted by Gasteiger charge is -2.31. The lowest BCUT2D eigenvalue weighted by atomic mass is 10.0. The zero-order valence-corrected chi connectivity index (χ0v) is 10.8. The molecular weight excluding hydrogens is 222 g/mol. The van der Waals surface area contributed by atoms with Crippen LogP contribution in [0.5, 0.6) is 0 Å². The molecule has 0 fully saturated rings. The van der Waals surface area contributed by atoms with Crippen molar-refractivity contribution in [3.05, 3.63) is 66.2 Å². The quantitative estimate of drug-likeness (QED) is 0.888. The third-order valence-corrected chi connectivity index (χ3v) is 3.37. The van der Waals surface area contributed by atoms with E-state index in [1.54, 1.807) is 0 Å². The van der Waals surface area contributed by atoms with Gasteiger partial charge in [0.2, 0.25) is 0 Å². The summed E-state index contributed by atoms with van der Waals surface area (Å²) in [6.45, 7) is 2.03. The van der Waals surface area contributed by atoms with Crippen molar-refractivity contribution < 1.29 is 5.11 Å².